The summed E-state index contributed by atoms with van der Waals surface area (Å²) < 4.78 is 0.931. The number of carboxylic acid groups (broad SMARTS) is 1. The summed E-state index contributed by atoms with van der Waals surface area (Å²) in [6.07, 6.45) is -0.145. The Kier molecular flexibility index (Phi) is 3.79. The van der Waals surface area contributed by atoms with Gasteiger partial charge in [-0.05, 0) is 40.5 Å². The molecule has 1 aromatic carbocycles. The minimum Gasteiger partial charge on any atom is -0.465 e. The molecule has 1 fully saturated rings. The first-order valence-electron chi connectivity index (χ1n) is 5.25. The first-order valence-corrected chi connectivity index (χ1v) is 6.43. The third-order valence-corrected chi connectivity index (χ3v) is 3.64. The maximum Gasteiger partial charge on any atom is 0.404 e. The largest absolute Gasteiger partial charge is 0.465 e. The van der Waals surface area contributed by atoms with Crippen molar-refractivity contribution in [3.8, 4) is 0 Å². The Hall–Kier alpha value is -0.940. The van der Waals surface area contributed by atoms with Crippen molar-refractivity contribution in [2.24, 2.45) is 0 Å². The number of benzene rings is 1. The molecule has 2 rings (SSSR count). The fourth-order valence-corrected chi connectivity index (χ4v) is 2.94. The van der Waals surface area contributed by atoms with E-state index < -0.39 is 6.09 Å². The van der Waals surface area contributed by atoms with Gasteiger partial charge in [-0.25, -0.2) is 4.79 Å². The van der Waals surface area contributed by atoms with Gasteiger partial charge in [0.1, 0.15) is 0 Å². The van der Waals surface area contributed by atoms with Crippen LogP contribution in [-0.2, 0) is 0 Å². The van der Waals surface area contributed by atoms with Gasteiger partial charge in [0.05, 0.1) is 11.7 Å². The zero-order chi connectivity index (χ0) is 12.4. The van der Waals surface area contributed by atoms with Crippen LogP contribution in [0.4, 0.5) is 10.5 Å². The van der Waals surface area contributed by atoms with Crippen LogP contribution >= 0.6 is 27.5 Å². The van der Waals surface area contributed by atoms with Gasteiger partial charge in [-0.2, -0.15) is 0 Å². The average molecular weight is 320 g/mol. The lowest BCUT2D eigenvalue weighted by Crippen LogP contribution is -2.36. The molecule has 0 bridgehead atoms. The predicted molar refractivity (Wildman–Crippen MR) is 70.9 cm³/mol. The van der Waals surface area contributed by atoms with Crippen LogP contribution in [0.15, 0.2) is 22.7 Å². The van der Waals surface area contributed by atoms with E-state index in [1.54, 1.807) is 0 Å². The lowest BCUT2D eigenvalue weighted by atomic mass is 10.3. The number of amides is 1. The second-order valence-electron chi connectivity index (χ2n) is 3.98. The van der Waals surface area contributed by atoms with Gasteiger partial charge >= 0.3 is 6.09 Å². The predicted octanol–water partition coefficient (Wildman–Crippen LogP) is 2.95. The molecule has 0 unspecified atom stereocenters. The Morgan fingerprint density at radius 1 is 1.59 bits per heavy atom. The van der Waals surface area contributed by atoms with Crippen molar-refractivity contribution in [3.05, 3.63) is 27.7 Å². The summed E-state index contributed by atoms with van der Waals surface area (Å²) in [4.78, 5) is 12.7. The Morgan fingerprint density at radius 2 is 2.35 bits per heavy atom. The highest BCUT2D eigenvalue weighted by Gasteiger charge is 2.24. The molecule has 0 spiro atoms. The molecule has 1 aromatic rings. The van der Waals surface area contributed by atoms with E-state index in [-0.39, 0.29) is 6.04 Å². The molecular weight excluding hydrogens is 307 g/mol. The molecule has 0 aromatic heterocycles. The van der Waals surface area contributed by atoms with Gasteiger partial charge in [0.2, 0.25) is 0 Å². The first-order chi connectivity index (χ1) is 8.06. The molecular formula is C11H12BrClN2O2. The van der Waals surface area contributed by atoms with Crippen LogP contribution in [0.1, 0.15) is 6.42 Å². The number of halogens is 2. The van der Waals surface area contributed by atoms with Crippen LogP contribution in [0.5, 0.6) is 0 Å². The molecule has 4 nitrogen and oxygen atoms in total. The summed E-state index contributed by atoms with van der Waals surface area (Å²) in [5.74, 6) is 0. The smallest absolute Gasteiger partial charge is 0.404 e. The summed E-state index contributed by atoms with van der Waals surface area (Å²) in [5, 5.41) is 11.9. The summed E-state index contributed by atoms with van der Waals surface area (Å²) in [6.45, 7) is 1.53. The molecule has 1 saturated heterocycles. The first kappa shape index (κ1) is 12.5. The highest BCUT2D eigenvalue weighted by atomic mass is 79.9. The Labute approximate surface area is 113 Å². The highest BCUT2D eigenvalue weighted by molar-refractivity contribution is 9.10. The topological polar surface area (TPSA) is 52.6 Å². The highest BCUT2D eigenvalue weighted by Crippen LogP contribution is 2.31. The van der Waals surface area contributed by atoms with Crippen LogP contribution in [-0.4, -0.2) is 30.3 Å². The van der Waals surface area contributed by atoms with Crippen LogP contribution in [0, 0.1) is 0 Å². The van der Waals surface area contributed by atoms with E-state index >= 15 is 0 Å². The fraction of sp³-hybridized carbons (Fsp3) is 0.364. The van der Waals surface area contributed by atoms with Crippen molar-refractivity contribution < 1.29 is 9.90 Å². The maximum atomic E-state index is 10.6. The monoisotopic (exact) mass is 318 g/mol. The third kappa shape index (κ3) is 3.04. The number of rotatable bonds is 2. The van der Waals surface area contributed by atoms with Crippen molar-refractivity contribution in [1.82, 2.24) is 5.32 Å². The summed E-state index contributed by atoms with van der Waals surface area (Å²) in [7, 11) is 0. The van der Waals surface area contributed by atoms with Gasteiger partial charge in [-0.15, -0.1) is 0 Å². The second-order valence-corrected chi connectivity index (χ2v) is 5.27. The minimum atomic E-state index is -0.966. The zero-order valence-corrected chi connectivity index (χ0v) is 11.3. The van der Waals surface area contributed by atoms with Crippen LogP contribution in [0.3, 0.4) is 0 Å². The Bertz CT molecular complexity index is 441. The van der Waals surface area contributed by atoms with Gasteiger partial charge in [-0.1, -0.05) is 11.6 Å². The molecule has 1 heterocycles. The number of carbonyl (C=O) groups is 1. The molecule has 0 radical (unpaired) electrons. The lowest BCUT2D eigenvalue weighted by molar-refractivity contribution is 0.191. The third-order valence-electron chi connectivity index (χ3n) is 2.77. The molecule has 17 heavy (non-hydrogen) atoms. The SMILES string of the molecule is O=C(O)N[C@H]1CCN(c2ccc(Cl)cc2Br)C1. The Balaban J connectivity index is 2.07. The molecule has 1 aliphatic rings. The number of anilines is 1. The van der Waals surface area contributed by atoms with Gasteiger partial charge in [0, 0.05) is 22.6 Å². The number of hydrogen-bond acceptors (Lipinski definition) is 2. The van der Waals surface area contributed by atoms with E-state index in [9.17, 15) is 4.79 Å². The van der Waals surface area contributed by atoms with E-state index in [0.717, 1.165) is 23.1 Å². The summed E-state index contributed by atoms with van der Waals surface area (Å²) >= 11 is 9.35. The lowest BCUT2D eigenvalue weighted by Gasteiger charge is -2.20. The van der Waals surface area contributed by atoms with E-state index in [2.05, 4.69) is 26.1 Å². The zero-order valence-electron chi connectivity index (χ0n) is 8.99. The van der Waals surface area contributed by atoms with Crippen molar-refractivity contribution in [1.29, 1.82) is 0 Å². The standard InChI is InChI=1S/C11H12BrClN2O2/c12-9-5-7(13)1-2-10(9)15-4-3-8(6-15)14-11(16)17/h1-2,5,8,14H,3-4,6H2,(H,16,17)/t8-/m0/s1. The van der Waals surface area contributed by atoms with E-state index in [1.807, 2.05) is 18.2 Å². The van der Waals surface area contributed by atoms with E-state index in [0.29, 0.717) is 11.6 Å². The molecule has 1 atom stereocenters. The van der Waals surface area contributed by atoms with Gasteiger partial charge in [-0.3, -0.25) is 0 Å². The number of hydrogen-bond donors (Lipinski definition) is 2. The van der Waals surface area contributed by atoms with E-state index in [1.165, 1.54) is 0 Å². The van der Waals surface area contributed by atoms with Crippen molar-refractivity contribution in [2.75, 3.05) is 18.0 Å². The van der Waals surface area contributed by atoms with Crippen LogP contribution < -0.4 is 10.2 Å². The van der Waals surface area contributed by atoms with E-state index in [4.69, 9.17) is 16.7 Å². The summed E-state index contributed by atoms with van der Waals surface area (Å²) in [6, 6.07) is 5.61. The van der Waals surface area contributed by atoms with Gasteiger partial charge in [0.25, 0.3) is 0 Å². The molecule has 0 aliphatic carbocycles. The molecule has 1 aliphatic heterocycles. The molecule has 2 N–H and O–H groups in total. The minimum absolute atomic E-state index is 0.00456. The molecule has 6 heteroatoms. The van der Waals surface area contributed by atoms with Crippen LogP contribution in [0.25, 0.3) is 0 Å². The van der Waals surface area contributed by atoms with Crippen LogP contribution in [0.2, 0.25) is 5.02 Å². The average Bonchev–Trinajstić information content (AvgIpc) is 2.65. The second kappa shape index (κ2) is 5.14. The Morgan fingerprint density at radius 3 is 3.00 bits per heavy atom. The van der Waals surface area contributed by atoms with Gasteiger partial charge < -0.3 is 15.3 Å². The normalized spacial score (nSPS) is 19.4. The maximum absolute atomic E-state index is 10.6. The quantitative estimate of drug-likeness (QED) is 0.881. The fourth-order valence-electron chi connectivity index (χ4n) is 2.01. The van der Waals surface area contributed by atoms with Crippen molar-refractivity contribution in [2.45, 2.75) is 12.5 Å². The number of nitrogens with zero attached hydrogens (tertiary/aromatic N) is 1. The van der Waals surface area contributed by atoms with Crippen molar-refractivity contribution in [3.63, 3.8) is 0 Å². The summed E-state index contributed by atoms with van der Waals surface area (Å²) in [5.41, 5.74) is 1.05. The number of nitrogens with one attached hydrogen (secondary N) is 1. The van der Waals surface area contributed by atoms with Gasteiger partial charge in [0.15, 0.2) is 0 Å². The molecule has 1 amide bonds. The molecule has 92 valence electrons. The molecule has 0 saturated carbocycles. The van der Waals surface area contributed by atoms with Crippen molar-refractivity contribution >= 4 is 39.3 Å².